The molecule has 4 nitrogen and oxygen atoms in total. The minimum absolute atomic E-state index is 0.285. The van der Waals surface area contributed by atoms with Crippen LogP contribution in [0.5, 0.6) is 0 Å². The van der Waals surface area contributed by atoms with Crippen molar-refractivity contribution < 1.29 is 9.21 Å². The summed E-state index contributed by atoms with van der Waals surface area (Å²) in [4.78, 5) is 14.5. The van der Waals surface area contributed by atoms with E-state index < -0.39 is 0 Å². The van der Waals surface area contributed by atoms with Crippen LogP contribution < -0.4 is 5.32 Å². The number of carbonyl (C=O) groups excluding carboxylic acids is 1. The molecule has 3 aromatic rings. The Labute approximate surface area is 157 Å². The average Bonchev–Trinajstić information content (AvgIpc) is 3.13. The Morgan fingerprint density at radius 2 is 1.73 bits per heavy atom. The predicted octanol–water partition coefficient (Wildman–Crippen LogP) is 4.33. The number of para-hydroxylation sites is 1. The highest BCUT2D eigenvalue weighted by Crippen LogP contribution is 2.27. The normalized spacial score (nSPS) is 15.2. The lowest BCUT2D eigenvalue weighted by Crippen LogP contribution is -2.45. The number of fused-ring (bicyclic) bond motifs is 1. The van der Waals surface area contributed by atoms with Gasteiger partial charge in [0.25, 0.3) is 5.91 Å². The van der Waals surface area contributed by atoms with Gasteiger partial charge in [-0.25, -0.2) is 0 Å². The Kier molecular flexibility index (Phi) is 4.71. The zero-order valence-electron chi connectivity index (χ0n) is 14.4. The van der Waals surface area contributed by atoms with Crippen LogP contribution in [0, 0.1) is 0 Å². The smallest absolute Gasteiger partial charge is 0.293 e. The van der Waals surface area contributed by atoms with Gasteiger partial charge in [-0.2, -0.15) is 0 Å². The molecule has 1 fully saturated rings. The second kappa shape index (κ2) is 7.30. The maximum absolute atomic E-state index is 12.4. The Hall–Kier alpha value is -2.66. The van der Waals surface area contributed by atoms with Gasteiger partial charge in [-0.15, -0.1) is 0 Å². The zero-order chi connectivity index (χ0) is 17.9. The molecule has 0 unspecified atom stereocenters. The van der Waals surface area contributed by atoms with Crippen molar-refractivity contribution in [2.45, 2.75) is 18.8 Å². The fourth-order valence-electron chi connectivity index (χ4n) is 3.47. The molecule has 0 spiro atoms. The molecule has 1 aliphatic heterocycles. The van der Waals surface area contributed by atoms with Gasteiger partial charge in [0.1, 0.15) is 5.58 Å². The van der Waals surface area contributed by atoms with Gasteiger partial charge in [-0.3, -0.25) is 10.1 Å². The molecule has 0 atom stereocenters. The standard InChI is InChI=1S/C21H20N2O2S/c24-20(19-14-17-8-4-5-9-18(17)25-19)22-21(26)23-12-10-16(11-13-23)15-6-2-1-3-7-15/h1-9,14,16H,10-13H2,(H,22,24,26). The van der Waals surface area contributed by atoms with E-state index in [1.165, 1.54) is 5.56 Å². The second-order valence-electron chi connectivity index (χ2n) is 6.58. The first kappa shape index (κ1) is 16.8. The van der Waals surface area contributed by atoms with Gasteiger partial charge in [0.05, 0.1) is 0 Å². The Morgan fingerprint density at radius 3 is 2.46 bits per heavy atom. The van der Waals surface area contributed by atoms with E-state index in [9.17, 15) is 4.79 Å². The summed E-state index contributed by atoms with van der Waals surface area (Å²) in [6.07, 6.45) is 2.06. The van der Waals surface area contributed by atoms with Crippen molar-refractivity contribution in [1.29, 1.82) is 0 Å². The fourth-order valence-corrected chi connectivity index (χ4v) is 3.75. The van der Waals surface area contributed by atoms with Crippen molar-refractivity contribution in [3.8, 4) is 0 Å². The van der Waals surface area contributed by atoms with Crippen molar-refractivity contribution in [3.05, 3.63) is 72.0 Å². The summed E-state index contributed by atoms with van der Waals surface area (Å²) in [5.41, 5.74) is 2.08. The third-order valence-corrected chi connectivity index (χ3v) is 5.28. The molecular weight excluding hydrogens is 344 g/mol. The highest BCUT2D eigenvalue weighted by Gasteiger charge is 2.23. The molecule has 132 valence electrons. The number of rotatable bonds is 2. The Balaban J connectivity index is 1.36. The van der Waals surface area contributed by atoms with E-state index in [-0.39, 0.29) is 11.7 Å². The first-order valence-corrected chi connectivity index (χ1v) is 9.25. The van der Waals surface area contributed by atoms with Gasteiger partial charge in [0.15, 0.2) is 10.9 Å². The minimum atomic E-state index is -0.295. The van der Waals surface area contributed by atoms with E-state index in [0.717, 1.165) is 31.3 Å². The van der Waals surface area contributed by atoms with E-state index in [0.29, 0.717) is 16.6 Å². The number of furan rings is 1. The molecule has 1 N–H and O–H groups in total. The number of nitrogens with zero attached hydrogens (tertiary/aromatic N) is 1. The summed E-state index contributed by atoms with van der Waals surface area (Å²) >= 11 is 5.44. The van der Waals surface area contributed by atoms with Crippen LogP contribution >= 0.6 is 12.2 Å². The Bertz CT molecular complexity index is 894. The van der Waals surface area contributed by atoms with Crippen LogP contribution in [0.3, 0.4) is 0 Å². The molecule has 1 aliphatic rings. The summed E-state index contributed by atoms with van der Waals surface area (Å²) in [5, 5.41) is 4.19. The number of nitrogens with one attached hydrogen (secondary N) is 1. The third-order valence-electron chi connectivity index (χ3n) is 4.92. The number of carbonyl (C=O) groups is 1. The molecule has 2 aromatic carbocycles. The molecule has 0 aliphatic carbocycles. The molecule has 26 heavy (non-hydrogen) atoms. The highest BCUT2D eigenvalue weighted by atomic mass is 32.1. The number of thiocarbonyl (C=S) groups is 1. The number of hydrogen-bond acceptors (Lipinski definition) is 3. The topological polar surface area (TPSA) is 45.5 Å². The maximum Gasteiger partial charge on any atom is 0.293 e. The van der Waals surface area contributed by atoms with Crippen LogP contribution in [0.2, 0.25) is 0 Å². The van der Waals surface area contributed by atoms with Gasteiger partial charge in [-0.05, 0) is 48.7 Å². The first-order chi connectivity index (χ1) is 12.7. The molecule has 5 heteroatoms. The lowest BCUT2D eigenvalue weighted by atomic mass is 9.90. The van der Waals surface area contributed by atoms with Crippen molar-refractivity contribution in [2.24, 2.45) is 0 Å². The van der Waals surface area contributed by atoms with Gasteiger partial charge < -0.3 is 9.32 Å². The lowest BCUT2D eigenvalue weighted by molar-refractivity contribution is 0.0947. The molecule has 1 amide bonds. The number of benzene rings is 2. The molecule has 0 bridgehead atoms. The zero-order valence-corrected chi connectivity index (χ0v) is 15.2. The molecular formula is C21H20N2O2S. The summed E-state index contributed by atoms with van der Waals surface area (Å²) in [5.74, 6) is 0.547. The quantitative estimate of drug-likeness (QED) is 0.688. The Morgan fingerprint density at radius 1 is 1.04 bits per heavy atom. The molecule has 2 heterocycles. The van der Waals surface area contributed by atoms with Crippen LogP contribution in [0.25, 0.3) is 11.0 Å². The van der Waals surface area contributed by atoms with E-state index >= 15 is 0 Å². The predicted molar refractivity (Wildman–Crippen MR) is 106 cm³/mol. The van der Waals surface area contributed by atoms with Crippen molar-refractivity contribution in [1.82, 2.24) is 10.2 Å². The summed E-state index contributed by atoms with van der Waals surface area (Å²) < 4.78 is 5.60. The monoisotopic (exact) mass is 364 g/mol. The van der Waals surface area contributed by atoms with Gasteiger partial charge in [0, 0.05) is 18.5 Å². The summed E-state index contributed by atoms with van der Waals surface area (Å²) in [6.45, 7) is 1.69. The number of hydrogen-bond donors (Lipinski definition) is 1. The molecule has 1 saturated heterocycles. The van der Waals surface area contributed by atoms with Gasteiger partial charge in [0.2, 0.25) is 0 Å². The van der Waals surface area contributed by atoms with Crippen molar-refractivity contribution in [3.63, 3.8) is 0 Å². The maximum atomic E-state index is 12.4. The van der Waals surface area contributed by atoms with Crippen molar-refractivity contribution >= 4 is 34.2 Å². The number of amides is 1. The highest BCUT2D eigenvalue weighted by molar-refractivity contribution is 7.80. The summed E-state index contributed by atoms with van der Waals surface area (Å²) in [7, 11) is 0. The minimum Gasteiger partial charge on any atom is -0.451 e. The number of likely N-dealkylation sites (tertiary alicyclic amines) is 1. The third kappa shape index (κ3) is 3.48. The second-order valence-corrected chi connectivity index (χ2v) is 6.97. The van der Waals surface area contributed by atoms with Crippen LogP contribution in [-0.2, 0) is 0 Å². The SMILES string of the molecule is O=C(NC(=S)N1CCC(c2ccccc2)CC1)c1cc2ccccc2o1. The van der Waals surface area contributed by atoms with E-state index in [2.05, 4.69) is 34.5 Å². The van der Waals surface area contributed by atoms with E-state index in [4.69, 9.17) is 16.6 Å². The van der Waals surface area contributed by atoms with Gasteiger partial charge >= 0.3 is 0 Å². The van der Waals surface area contributed by atoms with Crippen molar-refractivity contribution in [2.75, 3.05) is 13.1 Å². The largest absolute Gasteiger partial charge is 0.451 e. The molecule has 0 radical (unpaired) electrons. The van der Waals surface area contributed by atoms with Gasteiger partial charge in [-0.1, -0.05) is 48.5 Å². The molecule has 1 aromatic heterocycles. The first-order valence-electron chi connectivity index (χ1n) is 8.84. The average molecular weight is 364 g/mol. The summed E-state index contributed by atoms with van der Waals surface area (Å²) in [6, 6.07) is 19.9. The fraction of sp³-hybridized carbons (Fsp3) is 0.238. The molecule has 4 rings (SSSR count). The van der Waals surface area contributed by atoms with Crippen LogP contribution in [0.4, 0.5) is 0 Å². The molecule has 0 saturated carbocycles. The van der Waals surface area contributed by atoms with E-state index in [1.54, 1.807) is 6.07 Å². The van der Waals surface area contributed by atoms with E-state index in [1.807, 2.05) is 30.3 Å². The number of piperidine rings is 1. The lowest BCUT2D eigenvalue weighted by Gasteiger charge is -2.33. The van der Waals surface area contributed by atoms with Crippen LogP contribution in [0.1, 0.15) is 34.9 Å². The van der Waals surface area contributed by atoms with Crippen LogP contribution in [0.15, 0.2) is 65.1 Å². The van der Waals surface area contributed by atoms with Crippen LogP contribution in [-0.4, -0.2) is 29.0 Å².